The van der Waals surface area contributed by atoms with Crippen molar-refractivity contribution < 1.29 is 9.47 Å². The van der Waals surface area contributed by atoms with Gasteiger partial charge in [-0.25, -0.2) is 9.97 Å². The summed E-state index contributed by atoms with van der Waals surface area (Å²) >= 11 is 6.42. The summed E-state index contributed by atoms with van der Waals surface area (Å²) in [6.45, 7) is 2.64. The number of hydrogen-bond acceptors (Lipinski definition) is 8. The minimum atomic E-state index is 0.268. The van der Waals surface area contributed by atoms with E-state index in [0.29, 0.717) is 56.7 Å². The first-order chi connectivity index (χ1) is 15.6. The Morgan fingerprint density at radius 3 is 2.72 bits per heavy atom. The number of benzene rings is 2. The highest BCUT2D eigenvalue weighted by Gasteiger charge is 2.14. The molecule has 2 aromatic heterocycles. The van der Waals surface area contributed by atoms with E-state index in [1.165, 1.54) is 12.5 Å². The summed E-state index contributed by atoms with van der Waals surface area (Å²) in [5.74, 6) is 1.07. The lowest BCUT2D eigenvalue weighted by Gasteiger charge is -2.15. The topological polar surface area (TPSA) is 119 Å². The first-order valence-electron chi connectivity index (χ1n) is 9.78. The second-order valence-corrected chi connectivity index (χ2v) is 7.17. The third kappa shape index (κ3) is 4.48. The molecule has 4 aromatic rings. The Morgan fingerprint density at radius 1 is 1.12 bits per heavy atom. The van der Waals surface area contributed by atoms with Crippen molar-refractivity contribution in [3.63, 3.8) is 0 Å². The van der Waals surface area contributed by atoms with Crippen molar-refractivity contribution in [3.8, 4) is 17.6 Å². The van der Waals surface area contributed by atoms with Crippen LogP contribution in [-0.4, -0.2) is 21.6 Å². The molecule has 0 fully saturated rings. The van der Waals surface area contributed by atoms with Crippen LogP contribution in [0.1, 0.15) is 18.2 Å². The maximum Gasteiger partial charge on any atom is 0.144 e. The average Bonchev–Trinajstić information content (AvgIpc) is 2.80. The van der Waals surface area contributed by atoms with Crippen LogP contribution in [0, 0.1) is 11.3 Å². The maximum absolute atomic E-state index is 9.60. The molecule has 2 heterocycles. The van der Waals surface area contributed by atoms with E-state index in [4.69, 9.17) is 26.8 Å². The molecule has 9 heteroatoms. The van der Waals surface area contributed by atoms with E-state index in [-0.39, 0.29) is 6.61 Å². The molecule has 0 aliphatic heterocycles. The first-order valence-corrected chi connectivity index (χ1v) is 10.2. The Labute approximate surface area is 189 Å². The van der Waals surface area contributed by atoms with Gasteiger partial charge in [0.25, 0.3) is 0 Å². The van der Waals surface area contributed by atoms with E-state index < -0.39 is 0 Å². The summed E-state index contributed by atoms with van der Waals surface area (Å²) in [5.41, 5.74) is 9.64. The molecule has 2 aromatic carbocycles. The number of halogens is 1. The Bertz CT molecular complexity index is 1310. The average molecular weight is 447 g/mol. The fraction of sp³-hybridized carbons (Fsp3) is 0.130. The monoisotopic (exact) mass is 446 g/mol. The summed E-state index contributed by atoms with van der Waals surface area (Å²) < 4.78 is 11.3. The predicted molar refractivity (Wildman–Crippen MR) is 123 cm³/mol. The van der Waals surface area contributed by atoms with Crippen molar-refractivity contribution >= 4 is 39.6 Å². The van der Waals surface area contributed by atoms with Gasteiger partial charge < -0.3 is 20.5 Å². The SMILES string of the molecule is CCOc1cc2ncc(C#N)c(Nc3ccc(OCc4ccncn4)c(Cl)c3)c2cc1N. The second kappa shape index (κ2) is 9.37. The quantitative estimate of drug-likeness (QED) is 0.386. The van der Waals surface area contributed by atoms with Crippen molar-refractivity contribution in [1.82, 2.24) is 15.0 Å². The van der Waals surface area contributed by atoms with Crippen LogP contribution in [0.4, 0.5) is 17.1 Å². The fourth-order valence-corrected chi connectivity index (χ4v) is 3.37. The molecule has 0 unspecified atom stereocenters. The number of anilines is 3. The number of nitrogens with zero attached hydrogens (tertiary/aromatic N) is 4. The minimum absolute atomic E-state index is 0.268. The molecular formula is C23H19ClN6O2. The number of fused-ring (bicyclic) bond motifs is 1. The third-order valence-electron chi connectivity index (χ3n) is 4.64. The molecule has 0 aliphatic carbocycles. The lowest BCUT2D eigenvalue weighted by atomic mass is 10.1. The summed E-state index contributed by atoms with van der Waals surface area (Å²) in [4.78, 5) is 12.4. The van der Waals surface area contributed by atoms with Gasteiger partial charge in [-0.2, -0.15) is 5.26 Å². The molecule has 160 valence electrons. The van der Waals surface area contributed by atoms with Crippen LogP contribution in [0.3, 0.4) is 0 Å². The minimum Gasteiger partial charge on any atom is -0.492 e. The molecule has 0 spiro atoms. The summed E-state index contributed by atoms with van der Waals surface area (Å²) in [6.07, 6.45) is 4.62. The molecule has 0 amide bonds. The number of pyridine rings is 1. The summed E-state index contributed by atoms with van der Waals surface area (Å²) in [6, 6.07) is 12.7. The predicted octanol–water partition coefficient (Wildman–Crippen LogP) is 4.85. The standard InChI is InChI=1S/C23H19ClN6O2/c1-2-31-22-9-20-17(8-19(22)26)23(14(10-25)11-28-20)30-15-3-4-21(18(24)7-15)32-12-16-5-6-27-13-29-16/h3-9,11,13H,2,12,26H2,1H3,(H,28,30). The molecule has 0 aliphatic rings. The van der Waals surface area contributed by atoms with E-state index in [0.717, 1.165) is 5.69 Å². The van der Waals surface area contributed by atoms with Gasteiger partial charge in [0.2, 0.25) is 0 Å². The van der Waals surface area contributed by atoms with Crippen molar-refractivity contribution in [3.05, 3.63) is 71.4 Å². The van der Waals surface area contributed by atoms with Gasteiger partial charge in [-0.15, -0.1) is 0 Å². The second-order valence-electron chi connectivity index (χ2n) is 6.76. The lowest BCUT2D eigenvalue weighted by molar-refractivity contribution is 0.301. The number of nitriles is 1. The van der Waals surface area contributed by atoms with Crippen LogP contribution in [0.15, 0.2) is 55.1 Å². The lowest BCUT2D eigenvalue weighted by Crippen LogP contribution is -2.01. The van der Waals surface area contributed by atoms with Gasteiger partial charge in [0.05, 0.1) is 39.8 Å². The fourth-order valence-electron chi connectivity index (χ4n) is 3.13. The largest absolute Gasteiger partial charge is 0.492 e. The molecule has 8 nitrogen and oxygen atoms in total. The van der Waals surface area contributed by atoms with E-state index in [2.05, 4.69) is 26.3 Å². The van der Waals surface area contributed by atoms with Crippen LogP contribution in [0.5, 0.6) is 11.5 Å². The Kier molecular flexibility index (Phi) is 6.19. The van der Waals surface area contributed by atoms with Gasteiger partial charge in [0.15, 0.2) is 0 Å². The molecule has 0 radical (unpaired) electrons. The zero-order valence-corrected chi connectivity index (χ0v) is 17.9. The normalized spacial score (nSPS) is 10.5. The number of aromatic nitrogens is 3. The van der Waals surface area contributed by atoms with E-state index >= 15 is 0 Å². The van der Waals surface area contributed by atoms with E-state index in [9.17, 15) is 5.26 Å². The molecule has 3 N–H and O–H groups in total. The third-order valence-corrected chi connectivity index (χ3v) is 4.94. The van der Waals surface area contributed by atoms with Gasteiger partial charge in [-0.1, -0.05) is 11.6 Å². The van der Waals surface area contributed by atoms with E-state index in [1.807, 2.05) is 13.0 Å². The molecule has 0 atom stereocenters. The zero-order valence-electron chi connectivity index (χ0n) is 17.2. The molecule has 0 saturated carbocycles. The number of hydrogen-bond donors (Lipinski definition) is 2. The number of nitrogens with one attached hydrogen (secondary N) is 1. The van der Waals surface area contributed by atoms with Gasteiger partial charge >= 0.3 is 0 Å². The van der Waals surface area contributed by atoms with Crippen molar-refractivity contribution in [1.29, 1.82) is 5.26 Å². The molecular weight excluding hydrogens is 428 g/mol. The Morgan fingerprint density at radius 2 is 2.00 bits per heavy atom. The highest BCUT2D eigenvalue weighted by atomic mass is 35.5. The molecule has 32 heavy (non-hydrogen) atoms. The van der Waals surface area contributed by atoms with Crippen molar-refractivity contribution in [2.75, 3.05) is 17.7 Å². The number of nitrogen functional groups attached to an aromatic ring is 1. The van der Waals surface area contributed by atoms with E-state index in [1.54, 1.807) is 36.5 Å². The Balaban J connectivity index is 1.63. The van der Waals surface area contributed by atoms with Crippen LogP contribution < -0.4 is 20.5 Å². The van der Waals surface area contributed by atoms with Crippen molar-refractivity contribution in [2.24, 2.45) is 0 Å². The molecule has 0 saturated heterocycles. The Hall–Kier alpha value is -4.09. The van der Waals surface area contributed by atoms with Crippen LogP contribution in [-0.2, 0) is 6.61 Å². The van der Waals surface area contributed by atoms with Crippen LogP contribution in [0.2, 0.25) is 5.02 Å². The zero-order chi connectivity index (χ0) is 22.5. The smallest absolute Gasteiger partial charge is 0.144 e. The number of nitrogens with two attached hydrogens (primary N) is 1. The maximum atomic E-state index is 9.60. The van der Waals surface area contributed by atoms with Crippen LogP contribution >= 0.6 is 11.6 Å². The van der Waals surface area contributed by atoms with Crippen molar-refractivity contribution in [2.45, 2.75) is 13.5 Å². The van der Waals surface area contributed by atoms with Gasteiger partial charge in [-0.05, 0) is 37.3 Å². The highest BCUT2D eigenvalue weighted by molar-refractivity contribution is 6.32. The molecule has 4 rings (SSSR count). The van der Waals surface area contributed by atoms with Crippen LogP contribution in [0.25, 0.3) is 10.9 Å². The summed E-state index contributed by atoms with van der Waals surface area (Å²) in [5, 5.41) is 14.0. The van der Waals surface area contributed by atoms with Gasteiger partial charge in [0.1, 0.15) is 30.5 Å². The number of rotatable bonds is 7. The van der Waals surface area contributed by atoms with Gasteiger partial charge in [-0.3, -0.25) is 4.98 Å². The summed E-state index contributed by atoms with van der Waals surface area (Å²) in [7, 11) is 0. The first kappa shape index (κ1) is 21.2. The number of ether oxygens (including phenoxy) is 2. The van der Waals surface area contributed by atoms with Gasteiger partial charge in [0, 0.05) is 29.5 Å². The highest BCUT2D eigenvalue weighted by Crippen LogP contribution is 2.36. The molecule has 0 bridgehead atoms.